The molecule has 2 aliphatic rings. The Morgan fingerprint density at radius 2 is 1.59 bits per heavy atom. The highest BCUT2D eigenvalue weighted by atomic mass is 31.2. The first-order chi connectivity index (χ1) is 13.9. The van der Waals surface area contributed by atoms with Crippen LogP contribution < -0.4 is 5.73 Å². The maximum Gasteiger partial charge on any atom is 0.158 e. The second-order valence-corrected chi connectivity index (χ2v) is 11.7. The van der Waals surface area contributed by atoms with E-state index in [1.807, 2.05) is 48.5 Å². The molecule has 2 aromatic rings. The summed E-state index contributed by atoms with van der Waals surface area (Å²) in [6.07, 6.45) is 1.66. The van der Waals surface area contributed by atoms with E-state index in [0.717, 1.165) is 22.1 Å². The molecule has 0 aromatic heterocycles. The molecule has 2 unspecified atom stereocenters. The second-order valence-electron chi connectivity index (χ2n) is 8.76. The van der Waals surface area contributed by atoms with E-state index in [9.17, 15) is 4.57 Å². The molecule has 0 radical (unpaired) electrons. The first kappa shape index (κ1) is 20.4. The fraction of sp³-hybridized carbons (Fsp3) is 0.417. The zero-order valence-electron chi connectivity index (χ0n) is 17.2. The van der Waals surface area contributed by atoms with Crippen LogP contribution in [0.25, 0.3) is 5.31 Å². The summed E-state index contributed by atoms with van der Waals surface area (Å²) in [6.45, 7) is 5.62. The molecule has 4 nitrogen and oxygen atoms in total. The number of rotatable bonds is 6. The molecule has 29 heavy (non-hydrogen) atoms. The molecule has 0 saturated carbocycles. The van der Waals surface area contributed by atoms with Gasteiger partial charge in [0.05, 0.1) is 13.2 Å². The number of nitrogens with two attached hydrogens (primary N) is 1. The van der Waals surface area contributed by atoms with Gasteiger partial charge >= 0.3 is 0 Å². The van der Waals surface area contributed by atoms with Gasteiger partial charge in [-0.15, -0.1) is 0 Å². The van der Waals surface area contributed by atoms with Crippen LogP contribution in [-0.4, -0.2) is 25.2 Å². The van der Waals surface area contributed by atoms with Crippen molar-refractivity contribution in [3.05, 3.63) is 77.5 Å². The Kier molecular flexibility index (Phi) is 5.70. The molecular formula is C24H30NO3P. The number of allylic oxidation sites excluding steroid dienone is 1. The molecule has 2 atom stereocenters. The molecule has 0 amide bonds. The predicted octanol–water partition coefficient (Wildman–Crippen LogP) is 5.44. The lowest BCUT2D eigenvalue weighted by Gasteiger charge is -2.38. The standard InChI is InChI=1S/C24H30NO3P/c1-24(2,16-22-27-13-14-28-22)21-15-20(25)23(19-11-7-4-8-12-19)29(21,26)17-18-9-5-3-6-10-18/h3-12,21-22H,13-17,25H2,1-2H3. The van der Waals surface area contributed by atoms with E-state index in [2.05, 4.69) is 26.0 Å². The summed E-state index contributed by atoms with van der Waals surface area (Å²) < 4.78 is 26.3. The predicted molar refractivity (Wildman–Crippen MR) is 118 cm³/mol. The van der Waals surface area contributed by atoms with E-state index in [1.165, 1.54) is 0 Å². The van der Waals surface area contributed by atoms with Crippen LogP contribution in [0.15, 0.2) is 66.4 Å². The highest BCUT2D eigenvalue weighted by Gasteiger charge is 2.51. The summed E-state index contributed by atoms with van der Waals surface area (Å²) in [7, 11) is -2.83. The Morgan fingerprint density at radius 1 is 1.00 bits per heavy atom. The van der Waals surface area contributed by atoms with Gasteiger partial charge in [0.15, 0.2) is 6.29 Å². The molecule has 0 spiro atoms. The highest BCUT2D eigenvalue weighted by molar-refractivity contribution is 7.74. The SMILES string of the molecule is CC(C)(CC1OCCO1)C1CC(N)=C(c2ccccc2)P1(=O)Cc1ccccc1. The zero-order valence-corrected chi connectivity index (χ0v) is 18.1. The van der Waals surface area contributed by atoms with Crippen molar-refractivity contribution in [2.45, 2.75) is 44.8 Å². The Morgan fingerprint density at radius 3 is 2.21 bits per heavy atom. The van der Waals surface area contributed by atoms with Gasteiger partial charge in [-0.05, 0) is 23.0 Å². The van der Waals surface area contributed by atoms with E-state index in [0.29, 0.717) is 32.2 Å². The number of hydrogen-bond acceptors (Lipinski definition) is 4. The average Bonchev–Trinajstić information content (AvgIpc) is 3.29. The number of benzene rings is 2. The second kappa shape index (κ2) is 8.10. The molecule has 2 aromatic carbocycles. The minimum Gasteiger partial charge on any atom is -0.401 e. The maximum absolute atomic E-state index is 14.9. The first-order valence-electron chi connectivity index (χ1n) is 10.3. The Labute approximate surface area is 173 Å². The van der Waals surface area contributed by atoms with Gasteiger partial charge in [0, 0.05) is 29.3 Å². The molecule has 1 saturated heterocycles. The quantitative estimate of drug-likeness (QED) is 0.643. The van der Waals surface area contributed by atoms with Crippen LogP contribution in [0, 0.1) is 5.41 Å². The largest absolute Gasteiger partial charge is 0.401 e. The van der Waals surface area contributed by atoms with Crippen molar-refractivity contribution < 1.29 is 14.0 Å². The van der Waals surface area contributed by atoms with Gasteiger partial charge in [-0.2, -0.15) is 0 Å². The third kappa shape index (κ3) is 4.07. The van der Waals surface area contributed by atoms with Crippen LogP contribution in [-0.2, 0) is 20.2 Å². The molecule has 4 rings (SSSR count). The average molecular weight is 411 g/mol. The highest BCUT2D eigenvalue weighted by Crippen LogP contribution is 2.74. The van der Waals surface area contributed by atoms with Crippen molar-refractivity contribution in [1.82, 2.24) is 0 Å². The summed E-state index contributed by atoms with van der Waals surface area (Å²) in [5.41, 5.74) is 9.14. The molecule has 2 N–H and O–H groups in total. The third-order valence-corrected chi connectivity index (χ3v) is 10.2. The molecule has 0 aliphatic carbocycles. The Hall–Kier alpha value is -1.87. The van der Waals surface area contributed by atoms with Crippen molar-refractivity contribution in [2.75, 3.05) is 13.2 Å². The van der Waals surface area contributed by atoms with Gasteiger partial charge in [0.1, 0.15) is 7.14 Å². The van der Waals surface area contributed by atoms with E-state index >= 15 is 0 Å². The topological polar surface area (TPSA) is 61.6 Å². The fourth-order valence-electron chi connectivity index (χ4n) is 4.83. The van der Waals surface area contributed by atoms with Crippen LogP contribution in [0.5, 0.6) is 0 Å². The van der Waals surface area contributed by atoms with E-state index in [1.54, 1.807) is 0 Å². The van der Waals surface area contributed by atoms with Gasteiger partial charge in [0.25, 0.3) is 0 Å². The Balaban J connectivity index is 1.74. The lowest BCUT2D eigenvalue weighted by Crippen LogP contribution is -2.33. The van der Waals surface area contributed by atoms with Gasteiger partial charge in [-0.1, -0.05) is 74.5 Å². The van der Waals surface area contributed by atoms with Crippen LogP contribution in [0.2, 0.25) is 0 Å². The van der Waals surface area contributed by atoms with Crippen molar-refractivity contribution >= 4 is 12.5 Å². The number of hydrogen-bond donors (Lipinski definition) is 1. The summed E-state index contributed by atoms with van der Waals surface area (Å²) in [6, 6.07) is 20.1. The number of ether oxygens (including phenoxy) is 2. The van der Waals surface area contributed by atoms with Crippen molar-refractivity contribution in [3.8, 4) is 0 Å². The fourth-order valence-corrected chi connectivity index (χ4v) is 9.16. The molecule has 1 fully saturated rings. The van der Waals surface area contributed by atoms with Crippen molar-refractivity contribution in [3.63, 3.8) is 0 Å². The first-order valence-corrected chi connectivity index (χ1v) is 12.3. The summed E-state index contributed by atoms with van der Waals surface area (Å²) in [5, 5.41) is 0.869. The minimum atomic E-state index is -2.83. The van der Waals surface area contributed by atoms with Crippen LogP contribution in [0.1, 0.15) is 37.8 Å². The maximum atomic E-state index is 14.9. The summed E-state index contributed by atoms with van der Waals surface area (Å²) in [4.78, 5) is 0. The van der Waals surface area contributed by atoms with E-state index < -0.39 is 7.14 Å². The van der Waals surface area contributed by atoms with Crippen molar-refractivity contribution in [1.29, 1.82) is 0 Å². The summed E-state index contributed by atoms with van der Waals surface area (Å²) >= 11 is 0. The van der Waals surface area contributed by atoms with Crippen molar-refractivity contribution in [2.24, 2.45) is 11.1 Å². The Bertz CT molecular complexity index is 918. The summed E-state index contributed by atoms with van der Waals surface area (Å²) in [5.74, 6) is 0. The molecule has 2 aliphatic heterocycles. The minimum absolute atomic E-state index is 0.0433. The third-order valence-electron chi connectivity index (χ3n) is 6.19. The van der Waals surface area contributed by atoms with E-state index in [-0.39, 0.29) is 17.4 Å². The van der Waals surface area contributed by atoms with Gasteiger partial charge in [0.2, 0.25) is 0 Å². The smallest absolute Gasteiger partial charge is 0.158 e. The van der Waals surface area contributed by atoms with Crippen LogP contribution >= 0.6 is 7.14 Å². The van der Waals surface area contributed by atoms with Gasteiger partial charge < -0.3 is 19.8 Å². The van der Waals surface area contributed by atoms with Gasteiger partial charge in [-0.3, -0.25) is 0 Å². The zero-order chi connectivity index (χ0) is 20.5. The molecule has 154 valence electrons. The normalized spacial score (nSPS) is 25.7. The molecule has 2 heterocycles. The van der Waals surface area contributed by atoms with Crippen LogP contribution in [0.3, 0.4) is 0 Å². The van der Waals surface area contributed by atoms with E-state index in [4.69, 9.17) is 15.2 Å². The molecule has 0 bridgehead atoms. The molecule has 5 heteroatoms. The monoisotopic (exact) mass is 411 g/mol. The lowest BCUT2D eigenvalue weighted by molar-refractivity contribution is -0.0683. The molecular weight excluding hydrogens is 381 g/mol. The van der Waals surface area contributed by atoms with Gasteiger partial charge in [-0.25, -0.2) is 0 Å². The lowest BCUT2D eigenvalue weighted by atomic mass is 9.83. The van der Waals surface area contributed by atoms with Crippen LogP contribution in [0.4, 0.5) is 0 Å².